The summed E-state index contributed by atoms with van der Waals surface area (Å²) < 4.78 is 8.30. The van der Waals surface area contributed by atoms with Gasteiger partial charge in [0, 0.05) is 32.0 Å². The normalized spacial score (nSPS) is 11.1. The van der Waals surface area contributed by atoms with E-state index < -0.39 is 6.03 Å². The summed E-state index contributed by atoms with van der Waals surface area (Å²) in [6.45, 7) is 11.9. The van der Waals surface area contributed by atoms with Crippen molar-refractivity contribution in [2.24, 2.45) is 5.10 Å². The summed E-state index contributed by atoms with van der Waals surface area (Å²) in [4.78, 5) is 25.9. The van der Waals surface area contributed by atoms with E-state index in [9.17, 15) is 9.59 Å². The van der Waals surface area contributed by atoms with Gasteiger partial charge in [0.2, 0.25) is 0 Å². The molecule has 2 N–H and O–H groups in total. The van der Waals surface area contributed by atoms with Gasteiger partial charge in [0.1, 0.15) is 5.00 Å². The Balaban J connectivity index is 1.81. The summed E-state index contributed by atoms with van der Waals surface area (Å²) in [7, 11) is 0. The Hall–Kier alpha value is -2.91. The monoisotopic (exact) mass is 530 g/mol. The first-order valence-corrected chi connectivity index (χ1v) is 12.1. The SMILES string of the molecule is CCOC(=O)c1c(-n2c(C)cc(/C=N/NC(=O)Nc3ccc(Br)c(C)c3)c2C)sc(C)c1C. The van der Waals surface area contributed by atoms with Gasteiger partial charge in [-0.1, -0.05) is 15.9 Å². The zero-order valence-electron chi connectivity index (χ0n) is 19.5. The van der Waals surface area contributed by atoms with Crippen molar-refractivity contribution in [2.75, 3.05) is 11.9 Å². The predicted octanol–water partition coefficient (Wildman–Crippen LogP) is 6.18. The van der Waals surface area contributed by atoms with Crippen LogP contribution < -0.4 is 10.7 Å². The molecular formula is C24H27BrN4O3S. The number of benzene rings is 1. The third-order valence-electron chi connectivity index (χ3n) is 5.31. The Morgan fingerprint density at radius 1 is 1.18 bits per heavy atom. The molecule has 3 rings (SSSR count). The second-order valence-electron chi connectivity index (χ2n) is 7.63. The summed E-state index contributed by atoms with van der Waals surface area (Å²) >= 11 is 5.00. The lowest BCUT2D eigenvalue weighted by Crippen LogP contribution is -2.24. The van der Waals surface area contributed by atoms with Gasteiger partial charge in [-0.2, -0.15) is 5.10 Å². The summed E-state index contributed by atoms with van der Waals surface area (Å²) in [6, 6.07) is 7.08. The number of urea groups is 1. The molecule has 2 amide bonds. The van der Waals surface area contributed by atoms with Gasteiger partial charge in [-0.05, 0) is 76.9 Å². The first-order valence-electron chi connectivity index (χ1n) is 10.5. The number of carbonyl (C=O) groups is 2. The van der Waals surface area contributed by atoms with Crippen molar-refractivity contribution in [3.63, 3.8) is 0 Å². The molecule has 0 saturated carbocycles. The van der Waals surface area contributed by atoms with Crippen molar-refractivity contribution in [2.45, 2.75) is 41.5 Å². The van der Waals surface area contributed by atoms with Crippen LogP contribution in [0.15, 0.2) is 33.8 Å². The van der Waals surface area contributed by atoms with Crippen molar-refractivity contribution in [3.05, 3.63) is 67.3 Å². The molecule has 33 heavy (non-hydrogen) atoms. The number of aromatic nitrogens is 1. The number of carbonyl (C=O) groups excluding carboxylic acids is 2. The van der Waals surface area contributed by atoms with Gasteiger partial charge in [0.25, 0.3) is 0 Å². The van der Waals surface area contributed by atoms with Crippen molar-refractivity contribution >= 4 is 51.2 Å². The van der Waals surface area contributed by atoms with E-state index in [1.165, 1.54) is 0 Å². The van der Waals surface area contributed by atoms with Crippen molar-refractivity contribution in [3.8, 4) is 5.00 Å². The van der Waals surface area contributed by atoms with Crippen molar-refractivity contribution in [1.82, 2.24) is 9.99 Å². The predicted molar refractivity (Wildman–Crippen MR) is 137 cm³/mol. The molecule has 0 aliphatic heterocycles. The fourth-order valence-corrected chi connectivity index (χ4v) is 4.99. The van der Waals surface area contributed by atoms with Gasteiger partial charge in [0.15, 0.2) is 0 Å². The van der Waals surface area contributed by atoms with Gasteiger partial charge < -0.3 is 14.6 Å². The van der Waals surface area contributed by atoms with E-state index in [0.717, 1.165) is 42.4 Å². The third-order valence-corrected chi connectivity index (χ3v) is 7.39. The lowest BCUT2D eigenvalue weighted by Gasteiger charge is -2.10. The van der Waals surface area contributed by atoms with E-state index in [2.05, 4.69) is 31.8 Å². The van der Waals surface area contributed by atoms with Crippen LogP contribution in [0, 0.1) is 34.6 Å². The summed E-state index contributed by atoms with van der Waals surface area (Å²) in [5.41, 5.74) is 8.41. The standard InChI is InChI=1S/C24H27BrN4O3S/c1-7-32-23(30)21-15(4)17(6)33-22(21)29-14(3)11-18(16(29)5)12-26-28-24(31)27-19-8-9-20(25)13(2)10-19/h8-12H,7H2,1-6H3,(H2,27,28,31)/b26-12+. The number of aryl methyl sites for hydroxylation is 3. The summed E-state index contributed by atoms with van der Waals surface area (Å²) in [6.07, 6.45) is 1.60. The summed E-state index contributed by atoms with van der Waals surface area (Å²) in [5.74, 6) is -0.321. The minimum Gasteiger partial charge on any atom is -0.462 e. The van der Waals surface area contributed by atoms with Crippen LogP contribution in [-0.2, 0) is 4.74 Å². The molecule has 0 radical (unpaired) electrons. The number of rotatable bonds is 6. The highest BCUT2D eigenvalue weighted by molar-refractivity contribution is 9.10. The highest BCUT2D eigenvalue weighted by atomic mass is 79.9. The topological polar surface area (TPSA) is 84.7 Å². The first-order chi connectivity index (χ1) is 15.6. The fourth-order valence-electron chi connectivity index (χ4n) is 3.48. The van der Waals surface area contributed by atoms with Crippen LogP contribution in [-0.4, -0.2) is 29.4 Å². The number of nitrogens with zero attached hydrogens (tertiary/aromatic N) is 2. The van der Waals surface area contributed by atoms with Crippen LogP contribution >= 0.6 is 27.3 Å². The first kappa shape index (κ1) is 24.7. The lowest BCUT2D eigenvalue weighted by atomic mass is 10.1. The molecule has 1 aromatic carbocycles. The number of hydrogen-bond donors (Lipinski definition) is 2. The second kappa shape index (κ2) is 10.4. The van der Waals surface area contributed by atoms with Crippen LogP contribution in [0.5, 0.6) is 0 Å². The van der Waals surface area contributed by atoms with Gasteiger partial charge in [-0.3, -0.25) is 0 Å². The lowest BCUT2D eigenvalue weighted by molar-refractivity contribution is 0.0526. The second-order valence-corrected chi connectivity index (χ2v) is 9.69. The van der Waals surface area contributed by atoms with Crippen LogP contribution in [0.25, 0.3) is 5.00 Å². The molecule has 0 spiro atoms. The number of nitrogens with one attached hydrogen (secondary N) is 2. The van der Waals surface area contributed by atoms with Gasteiger partial charge in [-0.25, -0.2) is 15.0 Å². The Morgan fingerprint density at radius 3 is 2.58 bits per heavy atom. The number of halogens is 1. The van der Waals surface area contributed by atoms with Crippen LogP contribution in [0.1, 0.15) is 50.2 Å². The highest BCUT2D eigenvalue weighted by Crippen LogP contribution is 2.34. The number of hydrogen-bond acceptors (Lipinski definition) is 5. The largest absolute Gasteiger partial charge is 0.462 e. The van der Waals surface area contributed by atoms with Gasteiger partial charge >= 0.3 is 12.0 Å². The average Bonchev–Trinajstić information content (AvgIpc) is 3.19. The maximum atomic E-state index is 12.6. The highest BCUT2D eigenvalue weighted by Gasteiger charge is 2.24. The number of anilines is 1. The Morgan fingerprint density at radius 2 is 1.91 bits per heavy atom. The van der Waals surface area contributed by atoms with E-state index in [1.807, 2.05) is 57.4 Å². The number of ether oxygens (including phenoxy) is 1. The molecule has 7 nitrogen and oxygen atoms in total. The van der Waals surface area contributed by atoms with E-state index in [-0.39, 0.29) is 5.97 Å². The molecule has 2 heterocycles. The molecule has 9 heteroatoms. The quantitative estimate of drug-likeness (QED) is 0.227. The smallest absolute Gasteiger partial charge is 0.341 e. The molecule has 174 valence electrons. The molecule has 3 aromatic rings. The average molecular weight is 531 g/mol. The Kier molecular flexibility index (Phi) is 7.76. The van der Waals surface area contributed by atoms with Crippen LogP contribution in [0.3, 0.4) is 0 Å². The molecule has 0 aliphatic rings. The Bertz CT molecular complexity index is 1240. The minimum absolute atomic E-state index is 0.321. The van der Waals surface area contributed by atoms with Gasteiger partial charge in [-0.15, -0.1) is 11.3 Å². The fraction of sp³-hybridized carbons (Fsp3) is 0.292. The number of esters is 1. The molecule has 0 aliphatic carbocycles. The molecular weight excluding hydrogens is 504 g/mol. The number of thiophene rings is 1. The maximum Gasteiger partial charge on any atom is 0.341 e. The molecule has 0 unspecified atom stereocenters. The van der Waals surface area contributed by atoms with Gasteiger partial charge in [0.05, 0.1) is 18.4 Å². The zero-order valence-corrected chi connectivity index (χ0v) is 21.9. The number of hydrazone groups is 1. The van der Waals surface area contributed by atoms with Crippen molar-refractivity contribution < 1.29 is 14.3 Å². The van der Waals surface area contributed by atoms with E-state index in [4.69, 9.17) is 4.74 Å². The van der Waals surface area contributed by atoms with E-state index >= 15 is 0 Å². The third kappa shape index (κ3) is 5.36. The molecule has 0 atom stereocenters. The maximum absolute atomic E-state index is 12.6. The molecule has 0 fully saturated rings. The van der Waals surface area contributed by atoms with Crippen LogP contribution in [0.4, 0.5) is 10.5 Å². The molecule has 0 bridgehead atoms. The van der Waals surface area contributed by atoms with E-state index in [1.54, 1.807) is 30.5 Å². The minimum atomic E-state index is -0.434. The van der Waals surface area contributed by atoms with Crippen LogP contribution in [0.2, 0.25) is 0 Å². The molecule has 2 aromatic heterocycles. The van der Waals surface area contributed by atoms with E-state index in [0.29, 0.717) is 17.9 Å². The zero-order chi connectivity index (χ0) is 24.3. The summed E-state index contributed by atoms with van der Waals surface area (Å²) in [5, 5.41) is 7.68. The Labute approximate surface area is 206 Å². The van der Waals surface area contributed by atoms with Crippen molar-refractivity contribution in [1.29, 1.82) is 0 Å². The number of amides is 2. The molecule has 0 saturated heterocycles.